The Morgan fingerprint density at radius 1 is 0.417 bits per heavy atom. The maximum Gasteiger partial charge on any atom is 0.175 e. The van der Waals surface area contributed by atoms with E-state index in [-0.39, 0.29) is 0 Å². The highest BCUT2D eigenvalue weighted by atomic mass is 32.2. The molecule has 0 amide bonds. The molecule has 8 heteroatoms. The Labute approximate surface area is 363 Å². The third-order valence-electron chi connectivity index (χ3n) is 10.2. The maximum absolute atomic E-state index is 5.55. The van der Waals surface area contributed by atoms with E-state index in [1.807, 2.05) is 36.4 Å². The molecule has 0 unspecified atom stereocenters. The van der Waals surface area contributed by atoms with E-state index in [1.165, 1.54) is 22.3 Å². The van der Waals surface area contributed by atoms with Crippen LogP contribution in [0, 0.1) is 13.8 Å². The monoisotopic (exact) mass is 820 g/mol. The van der Waals surface area contributed by atoms with E-state index in [2.05, 4.69) is 205 Å². The molecule has 0 saturated heterocycles. The van der Waals surface area contributed by atoms with Gasteiger partial charge in [0.2, 0.25) is 0 Å². The van der Waals surface area contributed by atoms with Gasteiger partial charge in [-0.25, -0.2) is 9.98 Å². The lowest BCUT2D eigenvalue weighted by molar-refractivity contribution is 0.924. The maximum atomic E-state index is 5.55. The zero-order chi connectivity index (χ0) is 41.3. The van der Waals surface area contributed by atoms with E-state index in [0.29, 0.717) is 11.5 Å². The molecule has 0 radical (unpaired) electrons. The molecule has 7 aromatic carbocycles. The fraction of sp³-hybridized carbons (Fsp3) is 0.115. The topological polar surface area (TPSA) is 37.7 Å². The Morgan fingerprint density at radius 3 is 1.13 bits per heavy atom. The molecule has 1 heterocycles. The number of nitrogens with zero attached hydrogens (tertiary/aromatic N) is 6. The first-order valence-electron chi connectivity index (χ1n) is 20.1. The summed E-state index contributed by atoms with van der Waals surface area (Å²) in [5, 5.41) is 1.65. The molecule has 298 valence electrons. The van der Waals surface area contributed by atoms with Crippen LogP contribution in [0.2, 0.25) is 0 Å². The molecular formula is C52H48N6S2. The van der Waals surface area contributed by atoms with Gasteiger partial charge in [-0.3, -0.25) is 9.80 Å². The third kappa shape index (κ3) is 9.52. The molecule has 2 bridgehead atoms. The second-order valence-corrected chi connectivity index (χ2v) is 16.5. The van der Waals surface area contributed by atoms with E-state index < -0.39 is 0 Å². The molecule has 0 spiro atoms. The van der Waals surface area contributed by atoms with Gasteiger partial charge in [0.15, 0.2) is 22.0 Å². The second-order valence-electron chi connectivity index (χ2n) is 14.6. The number of amidine groups is 2. The van der Waals surface area contributed by atoms with Crippen molar-refractivity contribution in [2.45, 2.75) is 25.4 Å². The van der Waals surface area contributed by atoms with Gasteiger partial charge in [-0.2, -0.15) is 0 Å². The smallest absolute Gasteiger partial charge is 0.175 e. The summed E-state index contributed by atoms with van der Waals surface area (Å²) in [6.07, 6.45) is 0. The van der Waals surface area contributed by atoms with E-state index in [4.69, 9.17) is 9.98 Å². The van der Waals surface area contributed by atoms with Crippen molar-refractivity contribution in [3.63, 3.8) is 0 Å². The molecule has 6 nitrogen and oxygen atoms in total. The van der Waals surface area contributed by atoms with Crippen LogP contribution in [0.4, 0.5) is 34.1 Å². The number of anilines is 4. The lowest BCUT2D eigenvalue weighted by Gasteiger charge is -2.42. The molecule has 1 aliphatic rings. The lowest BCUT2D eigenvalue weighted by Crippen LogP contribution is -2.46. The van der Waals surface area contributed by atoms with Crippen molar-refractivity contribution in [2.75, 3.05) is 33.7 Å². The first-order valence-corrected chi connectivity index (χ1v) is 22.0. The van der Waals surface area contributed by atoms with E-state index in [0.717, 1.165) is 56.1 Å². The van der Waals surface area contributed by atoms with Crippen LogP contribution in [0.15, 0.2) is 216 Å². The Kier molecular flexibility index (Phi) is 12.8. The zero-order valence-electron chi connectivity index (χ0n) is 34.4. The van der Waals surface area contributed by atoms with Crippen LogP contribution < -0.4 is 19.6 Å². The normalized spacial score (nSPS) is 16.2. The number of hydrogen-bond donors (Lipinski definition) is 0. The van der Waals surface area contributed by atoms with Crippen LogP contribution in [0.3, 0.4) is 0 Å². The van der Waals surface area contributed by atoms with Crippen molar-refractivity contribution < 1.29 is 0 Å². The van der Waals surface area contributed by atoms with Gasteiger partial charge in [0.05, 0.1) is 11.4 Å². The summed E-state index contributed by atoms with van der Waals surface area (Å²) in [5.74, 6) is 3.19. The number of aliphatic imine (C=N–C) groups is 2. The fourth-order valence-electron chi connectivity index (χ4n) is 7.01. The predicted molar refractivity (Wildman–Crippen MR) is 260 cm³/mol. The van der Waals surface area contributed by atoms with Crippen molar-refractivity contribution in [2.24, 2.45) is 9.98 Å². The minimum absolute atomic E-state index is 0.714. The Morgan fingerprint density at radius 2 is 0.767 bits per heavy atom. The fourth-order valence-corrected chi connectivity index (χ4v) is 8.94. The molecule has 8 rings (SSSR count). The van der Waals surface area contributed by atoms with E-state index in [1.54, 1.807) is 23.5 Å². The van der Waals surface area contributed by atoms with Gasteiger partial charge in [-0.05, 0) is 97.8 Å². The summed E-state index contributed by atoms with van der Waals surface area (Å²) in [4.78, 5) is 20.4. The average Bonchev–Trinajstić information content (AvgIpc) is 3.30. The highest BCUT2D eigenvalue weighted by molar-refractivity contribution is 8.13. The van der Waals surface area contributed by atoms with E-state index in [9.17, 15) is 0 Å². The number of fused-ring (bicyclic) bond motifs is 2. The van der Waals surface area contributed by atoms with Crippen molar-refractivity contribution in [3.05, 3.63) is 228 Å². The molecule has 0 fully saturated rings. The summed E-state index contributed by atoms with van der Waals surface area (Å²) < 4.78 is 0. The summed E-state index contributed by atoms with van der Waals surface area (Å²) in [5.41, 5.74) is 10.5. The quantitative estimate of drug-likeness (QED) is 0.152. The standard InChI is InChI=1S/C52H48N6S2/c1-39-28-32-47(33-29-39)57-49(55(3)45-24-13-7-14-25-45)50(56(4)46-26-15-8-16-27-46)58(48-34-30-40(2)31-35-48)52(54-44-22-11-6-12-23-44)60-38-42-19-17-18-41(36-42)37-59-51(57)53-43-20-9-5-10-21-43/h5-36H,37-38H2,1-4H3/b50-49-,53-51?,54-52?. The van der Waals surface area contributed by atoms with Crippen molar-refractivity contribution in [1.82, 2.24) is 0 Å². The summed E-state index contributed by atoms with van der Waals surface area (Å²) in [6.45, 7) is 4.27. The second kappa shape index (κ2) is 19.1. The number of benzene rings is 7. The Balaban J connectivity index is 1.56. The molecular weight excluding hydrogens is 773 g/mol. The lowest BCUT2D eigenvalue weighted by atomic mass is 10.2. The van der Waals surface area contributed by atoms with Gasteiger partial charge < -0.3 is 9.80 Å². The Bertz CT molecular complexity index is 2400. The molecule has 1 aliphatic heterocycles. The van der Waals surface area contributed by atoms with E-state index >= 15 is 0 Å². The predicted octanol–water partition coefficient (Wildman–Crippen LogP) is 13.6. The van der Waals surface area contributed by atoms with Crippen LogP contribution in [0.1, 0.15) is 22.3 Å². The van der Waals surface area contributed by atoms with Crippen LogP contribution in [0.5, 0.6) is 0 Å². The van der Waals surface area contributed by atoms with Crippen molar-refractivity contribution in [3.8, 4) is 0 Å². The molecule has 0 atom stereocenters. The SMILES string of the molecule is Cc1ccc(N2C(=Nc3ccccc3)SCc3cccc(c3)CSC(=Nc3ccccc3)N(c3ccc(C)cc3)/C(N(C)c3ccccc3)=C\2N(C)c2ccccc2)cc1. The Hall–Kier alpha value is -6.48. The summed E-state index contributed by atoms with van der Waals surface area (Å²) in [6, 6.07) is 68.2. The number of hydrogen-bond acceptors (Lipinski definition) is 6. The van der Waals surface area contributed by atoms with Crippen LogP contribution in [0.25, 0.3) is 0 Å². The minimum atomic E-state index is 0.714. The molecule has 0 aliphatic carbocycles. The van der Waals surface area contributed by atoms with Crippen molar-refractivity contribution in [1.29, 1.82) is 0 Å². The van der Waals surface area contributed by atoms with Crippen molar-refractivity contribution >= 4 is 68.0 Å². The van der Waals surface area contributed by atoms with Crippen LogP contribution >= 0.6 is 23.5 Å². The van der Waals surface area contributed by atoms with Gasteiger partial charge in [-0.1, -0.05) is 156 Å². The zero-order valence-corrected chi connectivity index (χ0v) is 36.0. The van der Waals surface area contributed by atoms with Gasteiger partial charge in [-0.15, -0.1) is 0 Å². The minimum Gasteiger partial charge on any atom is -0.327 e. The first-order chi connectivity index (χ1) is 29.4. The average molecular weight is 821 g/mol. The number of aryl methyl sites for hydroxylation is 2. The number of rotatable bonds is 8. The highest BCUT2D eigenvalue weighted by Crippen LogP contribution is 2.40. The van der Waals surface area contributed by atoms with Gasteiger partial charge >= 0.3 is 0 Å². The number of thioether (sulfide) groups is 2. The summed E-state index contributed by atoms with van der Waals surface area (Å²) >= 11 is 3.47. The van der Waals surface area contributed by atoms with Gasteiger partial charge in [0.25, 0.3) is 0 Å². The molecule has 60 heavy (non-hydrogen) atoms. The van der Waals surface area contributed by atoms with Crippen LogP contribution in [-0.2, 0) is 11.5 Å². The van der Waals surface area contributed by atoms with Gasteiger partial charge in [0, 0.05) is 48.4 Å². The van der Waals surface area contributed by atoms with Crippen LogP contribution in [-0.4, -0.2) is 24.4 Å². The summed E-state index contributed by atoms with van der Waals surface area (Å²) in [7, 11) is 4.32. The molecule has 0 saturated carbocycles. The highest BCUT2D eigenvalue weighted by Gasteiger charge is 2.35. The largest absolute Gasteiger partial charge is 0.327 e. The number of para-hydroxylation sites is 4. The molecule has 7 aromatic rings. The van der Waals surface area contributed by atoms with Gasteiger partial charge in [0.1, 0.15) is 0 Å². The molecule has 0 N–H and O–H groups in total. The molecule has 0 aromatic heterocycles. The third-order valence-corrected chi connectivity index (χ3v) is 12.2. The first kappa shape index (κ1) is 40.3.